The summed E-state index contributed by atoms with van der Waals surface area (Å²) in [4.78, 5) is 13.7. The molecule has 0 aromatic carbocycles. The standard InChI is InChI=1S/C4H5NO2/c1-4(6)5(2)7-3/h1,3H,2H3. The molecule has 0 aliphatic heterocycles. The molecular formula is C4H5NO2. The average Bonchev–Trinajstić information content (AvgIpc) is 1.65. The van der Waals surface area contributed by atoms with Gasteiger partial charge in [0.05, 0.1) is 6.92 Å². The summed E-state index contributed by atoms with van der Waals surface area (Å²) in [6, 6.07) is 0. The maximum absolute atomic E-state index is 9.87. The molecule has 7 heavy (non-hydrogen) atoms. The Balaban J connectivity index is 3.34. The molecule has 0 atom stereocenters. The second kappa shape index (κ2) is 2.58. The molecular weight excluding hydrogens is 94.0 g/mol. The highest BCUT2D eigenvalue weighted by atomic mass is 16.7. The first-order chi connectivity index (χ1) is 3.18. The molecule has 0 bridgehead atoms. The van der Waals surface area contributed by atoms with E-state index >= 15 is 0 Å². The highest BCUT2D eigenvalue weighted by molar-refractivity contribution is 5.78. The van der Waals surface area contributed by atoms with Gasteiger partial charge in [-0.2, -0.15) is 0 Å². The van der Waals surface area contributed by atoms with E-state index in [0.29, 0.717) is 5.06 Å². The van der Waals surface area contributed by atoms with Crippen LogP contribution >= 0.6 is 0 Å². The van der Waals surface area contributed by atoms with Crippen molar-refractivity contribution in [3.05, 3.63) is 14.0 Å². The summed E-state index contributed by atoms with van der Waals surface area (Å²) in [5, 5.41) is 0.708. The molecule has 1 amide bonds. The normalized spacial score (nSPS) is 8.43. The summed E-state index contributed by atoms with van der Waals surface area (Å²) in [5.74, 6) is -0.720. The Bertz CT molecular complexity index is 72.1. The van der Waals surface area contributed by atoms with Crippen LogP contribution in [0.15, 0.2) is 0 Å². The molecule has 4 radical (unpaired) electrons. The van der Waals surface area contributed by atoms with Crippen molar-refractivity contribution in [1.82, 2.24) is 5.06 Å². The van der Waals surface area contributed by atoms with Gasteiger partial charge in [0.25, 0.3) is 5.91 Å². The van der Waals surface area contributed by atoms with Crippen molar-refractivity contribution >= 4 is 5.91 Å². The fourth-order valence-corrected chi connectivity index (χ4v) is 0.0519. The molecule has 0 aliphatic carbocycles. The zero-order valence-electron chi connectivity index (χ0n) is 3.92. The smallest absolute Gasteiger partial charge is 0.250 e. The van der Waals surface area contributed by atoms with Crippen molar-refractivity contribution in [2.45, 2.75) is 0 Å². The van der Waals surface area contributed by atoms with Crippen LogP contribution in [-0.4, -0.2) is 18.0 Å². The highest BCUT2D eigenvalue weighted by Gasteiger charge is 1.96. The average molecular weight is 99.1 g/mol. The molecule has 0 spiro atoms. The second-order valence-corrected chi connectivity index (χ2v) is 0.941. The van der Waals surface area contributed by atoms with E-state index in [-0.39, 0.29) is 0 Å². The minimum Gasteiger partial charge on any atom is -0.272 e. The van der Waals surface area contributed by atoms with Crippen molar-refractivity contribution in [2.75, 3.05) is 7.05 Å². The van der Waals surface area contributed by atoms with Gasteiger partial charge >= 0.3 is 0 Å². The topological polar surface area (TPSA) is 29.5 Å². The molecule has 0 N–H and O–H groups in total. The van der Waals surface area contributed by atoms with Crippen LogP contribution in [0, 0.1) is 14.0 Å². The molecule has 0 aromatic heterocycles. The zero-order valence-corrected chi connectivity index (χ0v) is 3.92. The number of amides is 1. The van der Waals surface area contributed by atoms with Gasteiger partial charge < -0.3 is 0 Å². The largest absolute Gasteiger partial charge is 0.272 e. The van der Waals surface area contributed by atoms with Crippen molar-refractivity contribution in [3.63, 3.8) is 0 Å². The van der Waals surface area contributed by atoms with Crippen molar-refractivity contribution in [3.8, 4) is 0 Å². The number of carbonyl (C=O) groups excluding carboxylic acids is 1. The third kappa shape index (κ3) is 2.17. The molecule has 0 aliphatic rings. The Labute approximate surface area is 42.8 Å². The van der Waals surface area contributed by atoms with Crippen LogP contribution in [0.4, 0.5) is 0 Å². The molecule has 0 saturated heterocycles. The molecule has 0 saturated carbocycles. The molecule has 0 aromatic rings. The van der Waals surface area contributed by atoms with E-state index in [9.17, 15) is 4.79 Å². The van der Waals surface area contributed by atoms with Gasteiger partial charge in [0, 0.05) is 7.05 Å². The predicted octanol–water partition coefficient (Wildman–Crippen LogP) is -0.244. The Morgan fingerprint density at radius 3 is 2.29 bits per heavy atom. The Hall–Kier alpha value is -0.570. The van der Waals surface area contributed by atoms with Crippen LogP contribution in [0.25, 0.3) is 0 Å². The van der Waals surface area contributed by atoms with E-state index in [1.807, 2.05) is 0 Å². The fourth-order valence-electron chi connectivity index (χ4n) is 0.0519. The first-order valence-corrected chi connectivity index (χ1v) is 1.58. The lowest BCUT2D eigenvalue weighted by Gasteiger charge is -2.07. The van der Waals surface area contributed by atoms with E-state index in [0.717, 1.165) is 0 Å². The van der Waals surface area contributed by atoms with Gasteiger partial charge in [0.2, 0.25) is 0 Å². The Morgan fingerprint density at radius 1 is 1.86 bits per heavy atom. The van der Waals surface area contributed by atoms with E-state index in [2.05, 4.69) is 18.9 Å². The van der Waals surface area contributed by atoms with Crippen LogP contribution in [0.3, 0.4) is 0 Å². The minimum atomic E-state index is -0.720. The van der Waals surface area contributed by atoms with Gasteiger partial charge in [0.1, 0.15) is 7.11 Å². The molecule has 0 fully saturated rings. The highest BCUT2D eigenvalue weighted by Crippen LogP contribution is 1.79. The summed E-state index contributed by atoms with van der Waals surface area (Å²) in [5.41, 5.74) is 0. The lowest BCUT2D eigenvalue weighted by molar-refractivity contribution is -0.156. The maximum atomic E-state index is 9.87. The summed E-state index contributed by atoms with van der Waals surface area (Å²) < 4.78 is 0. The van der Waals surface area contributed by atoms with Crippen molar-refractivity contribution in [1.29, 1.82) is 0 Å². The molecule has 0 rings (SSSR count). The van der Waals surface area contributed by atoms with Gasteiger partial charge in [-0.25, -0.2) is 5.06 Å². The maximum Gasteiger partial charge on any atom is 0.250 e. The van der Waals surface area contributed by atoms with Gasteiger partial charge in [-0.1, -0.05) is 0 Å². The Kier molecular flexibility index (Phi) is 2.37. The Morgan fingerprint density at radius 2 is 2.29 bits per heavy atom. The minimum absolute atomic E-state index is 0.708. The van der Waals surface area contributed by atoms with Crippen molar-refractivity contribution < 1.29 is 9.63 Å². The molecule has 0 unspecified atom stereocenters. The van der Waals surface area contributed by atoms with E-state index in [4.69, 9.17) is 0 Å². The third-order valence-corrected chi connectivity index (χ3v) is 0.468. The number of rotatable bonds is 1. The van der Waals surface area contributed by atoms with Crippen molar-refractivity contribution in [2.24, 2.45) is 0 Å². The number of hydrogen-bond donors (Lipinski definition) is 0. The fraction of sp³-hybridized carbons (Fsp3) is 0.250. The second-order valence-electron chi connectivity index (χ2n) is 0.941. The first-order valence-electron chi connectivity index (χ1n) is 1.58. The SMILES string of the molecule is [CH]ON(C)C([CH])=O. The first kappa shape index (κ1) is 6.43. The molecule has 0 heterocycles. The van der Waals surface area contributed by atoms with Crippen LogP contribution in [0.1, 0.15) is 0 Å². The van der Waals surface area contributed by atoms with E-state index in [1.54, 1.807) is 0 Å². The molecule has 3 heteroatoms. The van der Waals surface area contributed by atoms with Crippen LogP contribution < -0.4 is 0 Å². The molecule has 38 valence electrons. The summed E-state index contributed by atoms with van der Waals surface area (Å²) >= 11 is 0. The number of carbonyl (C=O) groups is 1. The quantitative estimate of drug-likeness (QED) is 0.424. The number of hydroxylamine groups is 2. The van der Waals surface area contributed by atoms with Crippen LogP contribution in [0.2, 0.25) is 0 Å². The van der Waals surface area contributed by atoms with E-state index < -0.39 is 5.91 Å². The van der Waals surface area contributed by atoms with E-state index in [1.165, 1.54) is 7.05 Å². The van der Waals surface area contributed by atoms with Gasteiger partial charge in [-0.05, 0) is 0 Å². The lowest BCUT2D eigenvalue weighted by Crippen LogP contribution is -2.21. The monoisotopic (exact) mass is 99.0 g/mol. The third-order valence-electron chi connectivity index (χ3n) is 0.468. The van der Waals surface area contributed by atoms with Gasteiger partial charge in [-0.3, -0.25) is 9.63 Å². The number of hydrogen-bond acceptors (Lipinski definition) is 2. The van der Waals surface area contributed by atoms with Gasteiger partial charge in [-0.15, -0.1) is 0 Å². The lowest BCUT2D eigenvalue weighted by atomic mass is 10.7. The van der Waals surface area contributed by atoms with Gasteiger partial charge in [0.15, 0.2) is 0 Å². The summed E-state index contributed by atoms with van der Waals surface area (Å²) in [6.07, 6.45) is 0. The van der Waals surface area contributed by atoms with Crippen LogP contribution in [-0.2, 0) is 9.63 Å². The summed E-state index contributed by atoms with van der Waals surface area (Å²) in [6.45, 7) is 4.63. The molecule has 3 nitrogen and oxygen atoms in total. The van der Waals surface area contributed by atoms with Crippen LogP contribution in [0.5, 0.6) is 0 Å². The predicted molar refractivity (Wildman–Crippen MR) is 22.5 cm³/mol. The summed E-state index contributed by atoms with van der Waals surface area (Å²) in [7, 11) is 5.81. The number of nitrogens with zero attached hydrogens (tertiary/aromatic N) is 1. The zero-order chi connectivity index (χ0) is 5.86.